The van der Waals surface area contributed by atoms with Crippen molar-refractivity contribution in [2.75, 3.05) is 11.1 Å². The first kappa shape index (κ1) is 19.3. The van der Waals surface area contributed by atoms with E-state index in [2.05, 4.69) is 10.3 Å². The number of rotatable bonds is 7. The van der Waals surface area contributed by atoms with Crippen molar-refractivity contribution in [1.82, 2.24) is 4.98 Å². The molecule has 0 saturated carbocycles. The van der Waals surface area contributed by atoms with Gasteiger partial charge in [0, 0.05) is 16.6 Å². The Kier molecular flexibility index (Phi) is 6.36. The maximum absolute atomic E-state index is 12.9. The van der Waals surface area contributed by atoms with Crippen molar-refractivity contribution in [3.05, 3.63) is 76.5 Å². The Hall–Kier alpha value is -2.51. The van der Waals surface area contributed by atoms with Gasteiger partial charge in [-0.25, -0.2) is 9.37 Å². The SMILES string of the molecule is Cc1cccc(NC(=O)Cc2csc(SCC(=O)c3ccc(F)cc3)n2)c1. The molecule has 3 rings (SSSR count). The summed E-state index contributed by atoms with van der Waals surface area (Å²) in [7, 11) is 0. The summed E-state index contributed by atoms with van der Waals surface area (Å²) < 4.78 is 13.6. The normalized spacial score (nSPS) is 10.6. The van der Waals surface area contributed by atoms with Crippen LogP contribution in [0, 0.1) is 12.7 Å². The Balaban J connectivity index is 1.51. The molecular formula is C20H17FN2O2S2. The number of anilines is 1. The highest BCUT2D eigenvalue weighted by Gasteiger charge is 2.11. The van der Waals surface area contributed by atoms with Gasteiger partial charge in [0.1, 0.15) is 5.82 Å². The lowest BCUT2D eigenvalue weighted by Crippen LogP contribution is -2.14. The molecule has 2 aromatic carbocycles. The fourth-order valence-corrected chi connectivity index (χ4v) is 4.11. The van der Waals surface area contributed by atoms with Crippen molar-refractivity contribution in [2.24, 2.45) is 0 Å². The number of ketones is 1. The van der Waals surface area contributed by atoms with Crippen LogP contribution >= 0.6 is 23.1 Å². The average Bonchev–Trinajstić information content (AvgIpc) is 3.07. The van der Waals surface area contributed by atoms with Gasteiger partial charge in [0.05, 0.1) is 17.9 Å². The van der Waals surface area contributed by atoms with Crippen molar-refractivity contribution >= 4 is 40.5 Å². The minimum atomic E-state index is -0.368. The van der Waals surface area contributed by atoms with Crippen molar-refractivity contribution in [3.63, 3.8) is 0 Å². The van der Waals surface area contributed by atoms with Crippen molar-refractivity contribution in [2.45, 2.75) is 17.7 Å². The molecule has 27 heavy (non-hydrogen) atoms. The van der Waals surface area contributed by atoms with Gasteiger partial charge in [-0.1, -0.05) is 23.9 Å². The number of nitrogens with zero attached hydrogens (tertiary/aromatic N) is 1. The molecule has 0 radical (unpaired) electrons. The van der Waals surface area contributed by atoms with Gasteiger partial charge in [-0.05, 0) is 48.9 Å². The van der Waals surface area contributed by atoms with Crippen LogP contribution in [0.25, 0.3) is 0 Å². The summed E-state index contributed by atoms with van der Waals surface area (Å²) in [6.45, 7) is 1.97. The number of carbonyl (C=O) groups excluding carboxylic acids is 2. The van der Waals surface area contributed by atoms with E-state index in [1.807, 2.05) is 36.6 Å². The molecule has 7 heteroatoms. The van der Waals surface area contributed by atoms with Crippen molar-refractivity contribution in [1.29, 1.82) is 0 Å². The number of nitrogens with one attached hydrogen (secondary N) is 1. The fourth-order valence-electron chi connectivity index (χ4n) is 2.37. The van der Waals surface area contributed by atoms with Crippen LogP contribution in [-0.4, -0.2) is 22.4 Å². The van der Waals surface area contributed by atoms with E-state index in [9.17, 15) is 14.0 Å². The molecule has 1 amide bonds. The van der Waals surface area contributed by atoms with Gasteiger partial charge in [-0.2, -0.15) is 0 Å². The smallest absolute Gasteiger partial charge is 0.230 e. The predicted octanol–water partition coefficient (Wildman–Crippen LogP) is 4.75. The third kappa shape index (κ3) is 5.74. The van der Waals surface area contributed by atoms with Crippen molar-refractivity contribution < 1.29 is 14.0 Å². The molecule has 1 N–H and O–H groups in total. The van der Waals surface area contributed by atoms with Gasteiger partial charge in [-0.3, -0.25) is 9.59 Å². The first-order chi connectivity index (χ1) is 13.0. The summed E-state index contributed by atoms with van der Waals surface area (Å²) in [5.74, 6) is -0.375. The average molecular weight is 401 g/mol. The zero-order chi connectivity index (χ0) is 19.2. The second kappa shape index (κ2) is 8.92. The molecule has 0 aliphatic heterocycles. The number of benzene rings is 2. The number of Topliss-reactive ketones (excluding diaryl/α,β-unsaturated/α-hetero) is 1. The van der Waals surface area contributed by atoms with E-state index in [-0.39, 0.29) is 29.7 Å². The Morgan fingerprint density at radius 3 is 2.70 bits per heavy atom. The Labute approximate surface area is 164 Å². The maximum Gasteiger partial charge on any atom is 0.230 e. The van der Waals surface area contributed by atoms with Crippen molar-refractivity contribution in [3.8, 4) is 0 Å². The number of thiazole rings is 1. The number of halogens is 1. The lowest BCUT2D eigenvalue weighted by Gasteiger charge is -2.04. The molecule has 0 aliphatic carbocycles. The zero-order valence-corrected chi connectivity index (χ0v) is 16.2. The first-order valence-corrected chi connectivity index (χ1v) is 10.1. The zero-order valence-electron chi connectivity index (χ0n) is 14.6. The van der Waals surface area contributed by atoms with E-state index < -0.39 is 0 Å². The quantitative estimate of drug-likeness (QED) is 0.459. The van der Waals surface area contributed by atoms with Gasteiger partial charge >= 0.3 is 0 Å². The summed E-state index contributed by atoms with van der Waals surface area (Å²) in [5.41, 5.74) is 2.97. The molecule has 0 unspecified atom stereocenters. The Morgan fingerprint density at radius 1 is 1.19 bits per heavy atom. The molecule has 4 nitrogen and oxygen atoms in total. The van der Waals surface area contributed by atoms with E-state index in [1.54, 1.807) is 0 Å². The number of thioether (sulfide) groups is 1. The van der Waals surface area contributed by atoms with Crippen LogP contribution in [0.2, 0.25) is 0 Å². The molecule has 0 saturated heterocycles. The maximum atomic E-state index is 12.9. The molecule has 0 atom stereocenters. The molecule has 0 bridgehead atoms. The number of hydrogen-bond donors (Lipinski definition) is 1. The summed E-state index contributed by atoms with van der Waals surface area (Å²) in [6.07, 6.45) is 0.177. The number of aromatic nitrogens is 1. The lowest BCUT2D eigenvalue weighted by molar-refractivity contribution is -0.115. The number of carbonyl (C=O) groups is 2. The minimum Gasteiger partial charge on any atom is -0.326 e. The number of hydrogen-bond acceptors (Lipinski definition) is 5. The first-order valence-electron chi connectivity index (χ1n) is 8.22. The van der Waals surface area contributed by atoms with Gasteiger partial charge in [0.2, 0.25) is 5.91 Å². The number of amides is 1. The summed E-state index contributed by atoms with van der Waals surface area (Å²) in [6, 6.07) is 13.1. The highest BCUT2D eigenvalue weighted by atomic mass is 32.2. The van der Waals surface area contributed by atoms with Gasteiger partial charge in [0.25, 0.3) is 0 Å². The fraction of sp³-hybridized carbons (Fsp3) is 0.150. The van der Waals surface area contributed by atoms with E-state index in [4.69, 9.17) is 0 Å². The standard InChI is InChI=1S/C20H17FN2O2S2/c1-13-3-2-4-16(9-13)22-19(25)10-17-11-26-20(23-17)27-12-18(24)14-5-7-15(21)8-6-14/h2-9,11H,10,12H2,1H3,(H,22,25). The van der Waals surface area contributed by atoms with Gasteiger partial charge in [-0.15, -0.1) is 11.3 Å². The Bertz CT molecular complexity index is 955. The van der Waals surface area contributed by atoms with E-state index in [0.29, 0.717) is 11.3 Å². The highest BCUT2D eigenvalue weighted by Crippen LogP contribution is 2.24. The van der Waals surface area contributed by atoms with Gasteiger partial charge in [0.15, 0.2) is 10.1 Å². The topological polar surface area (TPSA) is 59.1 Å². The third-order valence-electron chi connectivity index (χ3n) is 3.67. The molecule has 3 aromatic rings. The molecule has 0 fully saturated rings. The molecule has 1 aromatic heterocycles. The van der Waals surface area contributed by atoms with Crippen LogP contribution in [0.3, 0.4) is 0 Å². The van der Waals surface area contributed by atoms with Crippen LogP contribution < -0.4 is 5.32 Å². The molecular weight excluding hydrogens is 383 g/mol. The van der Waals surface area contributed by atoms with Gasteiger partial charge < -0.3 is 5.32 Å². The third-order valence-corrected chi connectivity index (χ3v) is 5.74. The van der Waals surface area contributed by atoms with E-state index in [1.165, 1.54) is 47.4 Å². The molecule has 0 aliphatic rings. The molecule has 0 spiro atoms. The lowest BCUT2D eigenvalue weighted by atomic mass is 10.1. The summed E-state index contributed by atoms with van der Waals surface area (Å²) >= 11 is 2.71. The Morgan fingerprint density at radius 2 is 1.96 bits per heavy atom. The van der Waals surface area contributed by atoms with Crippen LogP contribution in [-0.2, 0) is 11.2 Å². The highest BCUT2D eigenvalue weighted by molar-refractivity contribution is 8.01. The van der Waals surface area contributed by atoms with Crippen LogP contribution in [0.5, 0.6) is 0 Å². The van der Waals surface area contributed by atoms with Crippen LogP contribution in [0.15, 0.2) is 58.3 Å². The second-order valence-corrected chi connectivity index (χ2v) is 8.00. The predicted molar refractivity (Wildman–Crippen MR) is 107 cm³/mol. The van der Waals surface area contributed by atoms with Crippen LogP contribution in [0.1, 0.15) is 21.6 Å². The largest absolute Gasteiger partial charge is 0.326 e. The number of aryl methyl sites for hydroxylation is 1. The van der Waals surface area contributed by atoms with E-state index >= 15 is 0 Å². The summed E-state index contributed by atoms with van der Waals surface area (Å²) in [4.78, 5) is 28.7. The molecule has 1 heterocycles. The monoisotopic (exact) mass is 400 g/mol. The second-order valence-electron chi connectivity index (χ2n) is 5.92. The minimum absolute atomic E-state index is 0.0889. The summed E-state index contributed by atoms with van der Waals surface area (Å²) in [5, 5.41) is 4.67. The van der Waals surface area contributed by atoms with E-state index in [0.717, 1.165) is 15.6 Å². The molecule has 138 valence electrons. The van der Waals surface area contributed by atoms with Crippen LogP contribution in [0.4, 0.5) is 10.1 Å².